The van der Waals surface area contributed by atoms with Crippen LogP contribution in [0, 0.1) is 13.8 Å². The zero-order valence-electron chi connectivity index (χ0n) is 13.7. The van der Waals surface area contributed by atoms with E-state index in [1.54, 1.807) is 26.0 Å². The molecule has 3 aromatic rings. The quantitative estimate of drug-likeness (QED) is 0.784. The summed E-state index contributed by atoms with van der Waals surface area (Å²) >= 11 is 0. The molecule has 0 aliphatic heterocycles. The molecule has 7 nitrogen and oxygen atoms in total. The summed E-state index contributed by atoms with van der Waals surface area (Å²) in [6.07, 6.45) is 2.34. The van der Waals surface area contributed by atoms with Crippen molar-refractivity contribution in [2.24, 2.45) is 7.05 Å². The van der Waals surface area contributed by atoms with Crippen LogP contribution in [-0.4, -0.2) is 23.1 Å². The van der Waals surface area contributed by atoms with E-state index < -0.39 is 10.0 Å². The van der Waals surface area contributed by atoms with E-state index in [4.69, 9.17) is 4.52 Å². The Balaban J connectivity index is 1.72. The molecule has 1 aliphatic carbocycles. The molecule has 2 heterocycles. The van der Waals surface area contributed by atoms with Crippen LogP contribution in [0.2, 0.25) is 0 Å². The Labute approximate surface area is 139 Å². The van der Waals surface area contributed by atoms with Crippen LogP contribution < -0.4 is 4.72 Å². The molecule has 0 amide bonds. The van der Waals surface area contributed by atoms with E-state index in [1.165, 1.54) is 12.8 Å². The Kier molecular flexibility index (Phi) is 3.21. The summed E-state index contributed by atoms with van der Waals surface area (Å²) in [7, 11) is -1.75. The van der Waals surface area contributed by atoms with Gasteiger partial charge in [-0.2, -0.15) is 0 Å². The normalized spacial score (nSPS) is 15.1. The van der Waals surface area contributed by atoms with Crippen molar-refractivity contribution < 1.29 is 12.9 Å². The largest absolute Gasteiger partial charge is 0.360 e. The summed E-state index contributed by atoms with van der Waals surface area (Å²) < 4.78 is 34.8. The van der Waals surface area contributed by atoms with E-state index in [2.05, 4.69) is 19.4 Å². The van der Waals surface area contributed by atoms with Crippen LogP contribution in [-0.2, 0) is 17.1 Å². The van der Waals surface area contributed by atoms with Gasteiger partial charge in [-0.1, -0.05) is 5.16 Å². The molecule has 0 saturated heterocycles. The Morgan fingerprint density at radius 2 is 2.04 bits per heavy atom. The second-order valence-electron chi connectivity index (χ2n) is 6.27. The van der Waals surface area contributed by atoms with Crippen molar-refractivity contribution in [2.75, 3.05) is 4.72 Å². The molecule has 0 bridgehead atoms. The molecule has 0 spiro atoms. The molecule has 0 radical (unpaired) electrons. The topological polar surface area (TPSA) is 90.0 Å². The Morgan fingerprint density at radius 3 is 2.67 bits per heavy atom. The molecule has 2 aromatic heterocycles. The molecule has 126 valence electrons. The molecule has 4 rings (SSSR count). The lowest BCUT2D eigenvalue weighted by Gasteiger charge is -2.07. The maximum atomic E-state index is 12.6. The first-order chi connectivity index (χ1) is 11.4. The van der Waals surface area contributed by atoms with Crippen LogP contribution in [0.1, 0.15) is 36.0 Å². The van der Waals surface area contributed by atoms with Crippen LogP contribution in [0.4, 0.5) is 5.69 Å². The Bertz CT molecular complexity index is 1030. The highest BCUT2D eigenvalue weighted by Gasteiger charge is 2.29. The van der Waals surface area contributed by atoms with Gasteiger partial charge in [-0.25, -0.2) is 13.4 Å². The molecular weight excluding hydrogens is 328 g/mol. The molecule has 1 aliphatic rings. The monoisotopic (exact) mass is 346 g/mol. The van der Waals surface area contributed by atoms with Gasteiger partial charge in [-0.05, 0) is 44.9 Å². The molecular formula is C16H18N4O3S. The van der Waals surface area contributed by atoms with Crippen molar-refractivity contribution >= 4 is 26.7 Å². The van der Waals surface area contributed by atoms with Crippen molar-refractivity contribution in [3.05, 3.63) is 35.5 Å². The van der Waals surface area contributed by atoms with Crippen LogP contribution >= 0.6 is 0 Å². The zero-order chi connectivity index (χ0) is 17.1. The maximum Gasteiger partial charge on any atom is 0.267 e. The van der Waals surface area contributed by atoms with Gasteiger partial charge in [0.1, 0.15) is 11.5 Å². The Hall–Kier alpha value is -2.35. The van der Waals surface area contributed by atoms with Crippen LogP contribution in [0.15, 0.2) is 27.6 Å². The highest BCUT2D eigenvalue weighted by molar-refractivity contribution is 7.92. The summed E-state index contributed by atoms with van der Waals surface area (Å²) in [5.74, 6) is 1.87. The number of imidazole rings is 1. The van der Waals surface area contributed by atoms with Gasteiger partial charge in [0.2, 0.25) is 0 Å². The van der Waals surface area contributed by atoms with Crippen molar-refractivity contribution in [3.63, 3.8) is 0 Å². The fraction of sp³-hybridized carbons (Fsp3) is 0.375. The second kappa shape index (κ2) is 5.07. The van der Waals surface area contributed by atoms with E-state index in [0.717, 1.165) is 16.9 Å². The molecule has 8 heteroatoms. The predicted molar refractivity (Wildman–Crippen MR) is 89.5 cm³/mol. The summed E-state index contributed by atoms with van der Waals surface area (Å²) in [5.41, 5.74) is 2.61. The summed E-state index contributed by atoms with van der Waals surface area (Å²) in [4.78, 5) is 4.75. The van der Waals surface area contributed by atoms with Crippen molar-refractivity contribution in [3.8, 4) is 0 Å². The highest BCUT2D eigenvalue weighted by Crippen LogP contribution is 2.40. The number of nitrogens with one attached hydrogen (secondary N) is 1. The highest BCUT2D eigenvalue weighted by atomic mass is 32.2. The minimum absolute atomic E-state index is 0.0855. The fourth-order valence-corrected chi connectivity index (χ4v) is 4.43. The fourth-order valence-electron chi connectivity index (χ4n) is 3.05. The summed E-state index contributed by atoms with van der Waals surface area (Å²) in [6, 6.07) is 5.40. The molecule has 0 atom stereocenters. The molecule has 0 unspecified atom stereocenters. The van der Waals surface area contributed by atoms with Gasteiger partial charge in [0.15, 0.2) is 10.7 Å². The zero-order valence-corrected chi connectivity index (χ0v) is 14.5. The lowest BCUT2D eigenvalue weighted by atomic mass is 10.3. The van der Waals surface area contributed by atoms with Gasteiger partial charge in [0.25, 0.3) is 10.0 Å². The number of rotatable bonds is 4. The third-order valence-electron chi connectivity index (χ3n) is 4.35. The molecule has 1 saturated carbocycles. The number of sulfonamides is 1. The summed E-state index contributed by atoms with van der Waals surface area (Å²) in [5, 5.41) is 3.71. The first-order valence-corrected chi connectivity index (χ1v) is 9.27. The number of aryl methyl sites for hydroxylation is 3. The molecule has 1 aromatic carbocycles. The third-order valence-corrected chi connectivity index (χ3v) is 5.97. The predicted octanol–water partition coefficient (Wildman–Crippen LogP) is 2.86. The third kappa shape index (κ3) is 2.37. The van der Waals surface area contributed by atoms with E-state index in [1.807, 2.05) is 13.1 Å². The minimum atomic E-state index is -3.75. The standard InChI is InChI=1S/C16H18N4O3S/c1-9-15(10(2)23-18-9)24(21,22)19-12-6-7-14-13(8-12)17-16(20(14)3)11-4-5-11/h6-8,11,19H,4-5H2,1-3H3. The van der Waals surface area contributed by atoms with E-state index in [9.17, 15) is 8.42 Å². The van der Waals surface area contributed by atoms with Gasteiger partial charge in [-0.3, -0.25) is 4.72 Å². The van der Waals surface area contributed by atoms with Crippen LogP contribution in [0.25, 0.3) is 11.0 Å². The van der Waals surface area contributed by atoms with Gasteiger partial charge < -0.3 is 9.09 Å². The van der Waals surface area contributed by atoms with Crippen molar-refractivity contribution in [2.45, 2.75) is 37.5 Å². The SMILES string of the molecule is Cc1noc(C)c1S(=O)(=O)Nc1ccc2c(c1)nc(C1CC1)n2C. The number of aromatic nitrogens is 3. The maximum absolute atomic E-state index is 12.6. The number of benzene rings is 1. The lowest BCUT2D eigenvalue weighted by molar-refractivity contribution is 0.390. The Morgan fingerprint density at radius 1 is 1.29 bits per heavy atom. The molecule has 1 N–H and O–H groups in total. The van der Waals surface area contributed by atoms with Crippen LogP contribution in [0.5, 0.6) is 0 Å². The lowest BCUT2D eigenvalue weighted by Crippen LogP contribution is -2.14. The number of fused-ring (bicyclic) bond motifs is 1. The van der Waals surface area contributed by atoms with Gasteiger partial charge in [-0.15, -0.1) is 0 Å². The van der Waals surface area contributed by atoms with Gasteiger partial charge in [0, 0.05) is 13.0 Å². The minimum Gasteiger partial charge on any atom is -0.360 e. The molecule has 24 heavy (non-hydrogen) atoms. The average molecular weight is 346 g/mol. The number of hydrogen-bond donors (Lipinski definition) is 1. The first-order valence-electron chi connectivity index (χ1n) is 7.79. The van der Waals surface area contributed by atoms with E-state index >= 15 is 0 Å². The number of hydrogen-bond acceptors (Lipinski definition) is 5. The van der Waals surface area contributed by atoms with E-state index in [0.29, 0.717) is 17.3 Å². The van der Waals surface area contributed by atoms with Crippen LogP contribution in [0.3, 0.4) is 0 Å². The summed E-state index contributed by atoms with van der Waals surface area (Å²) in [6.45, 7) is 3.19. The first kappa shape index (κ1) is 15.2. The van der Waals surface area contributed by atoms with Crippen molar-refractivity contribution in [1.82, 2.24) is 14.7 Å². The smallest absolute Gasteiger partial charge is 0.267 e. The number of anilines is 1. The average Bonchev–Trinajstić information content (AvgIpc) is 3.22. The van der Waals surface area contributed by atoms with Crippen molar-refractivity contribution in [1.29, 1.82) is 0 Å². The number of nitrogens with zero attached hydrogens (tertiary/aromatic N) is 3. The van der Waals surface area contributed by atoms with Gasteiger partial charge in [0.05, 0.1) is 16.7 Å². The second-order valence-corrected chi connectivity index (χ2v) is 7.88. The molecule has 1 fully saturated rings. The van der Waals surface area contributed by atoms with E-state index in [-0.39, 0.29) is 10.7 Å². The van der Waals surface area contributed by atoms with Gasteiger partial charge >= 0.3 is 0 Å².